The first kappa shape index (κ1) is 7.61. The molecule has 2 heterocycles. The molecule has 0 bridgehead atoms. The first-order valence-electron chi connectivity index (χ1n) is 4.15. The normalized spacial score (nSPS) is 17.2. The maximum atomic E-state index is 5.62. The SMILES string of the molecule is CC(C)N1Cc2onc(N)c2C1. The van der Waals surface area contributed by atoms with Gasteiger partial charge in [-0.15, -0.1) is 0 Å². The summed E-state index contributed by atoms with van der Waals surface area (Å²) in [6.45, 7) is 6.05. The molecule has 0 saturated carbocycles. The van der Waals surface area contributed by atoms with E-state index in [4.69, 9.17) is 10.3 Å². The van der Waals surface area contributed by atoms with E-state index in [1.54, 1.807) is 0 Å². The van der Waals surface area contributed by atoms with E-state index in [1.165, 1.54) is 0 Å². The molecule has 4 heteroatoms. The Bertz CT molecular complexity index is 292. The average molecular weight is 167 g/mol. The molecule has 2 N–H and O–H groups in total. The first-order valence-corrected chi connectivity index (χ1v) is 4.15. The lowest BCUT2D eigenvalue weighted by Crippen LogP contribution is -2.24. The highest BCUT2D eigenvalue weighted by molar-refractivity contribution is 5.42. The molecule has 0 radical (unpaired) electrons. The van der Waals surface area contributed by atoms with Crippen LogP contribution in [0.5, 0.6) is 0 Å². The third-order valence-corrected chi connectivity index (χ3v) is 2.34. The summed E-state index contributed by atoms with van der Waals surface area (Å²) >= 11 is 0. The molecule has 0 atom stereocenters. The second-order valence-electron chi connectivity index (χ2n) is 3.47. The fourth-order valence-electron chi connectivity index (χ4n) is 1.46. The Labute approximate surface area is 71.3 Å². The monoisotopic (exact) mass is 167 g/mol. The molecule has 0 saturated heterocycles. The van der Waals surface area contributed by atoms with Gasteiger partial charge in [0.2, 0.25) is 0 Å². The van der Waals surface area contributed by atoms with Gasteiger partial charge in [0.25, 0.3) is 0 Å². The minimum Gasteiger partial charge on any atom is -0.381 e. The van der Waals surface area contributed by atoms with Gasteiger partial charge in [-0.1, -0.05) is 5.16 Å². The topological polar surface area (TPSA) is 55.3 Å². The van der Waals surface area contributed by atoms with Crippen LogP contribution in [-0.4, -0.2) is 16.1 Å². The zero-order valence-electron chi connectivity index (χ0n) is 7.37. The van der Waals surface area contributed by atoms with Gasteiger partial charge in [0.05, 0.1) is 12.1 Å². The Morgan fingerprint density at radius 1 is 1.50 bits per heavy atom. The highest BCUT2D eigenvalue weighted by Crippen LogP contribution is 2.28. The molecule has 0 fully saturated rings. The minimum absolute atomic E-state index is 0.534. The van der Waals surface area contributed by atoms with Gasteiger partial charge in [-0.2, -0.15) is 0 Å². The molecule has 12 heavy (non-hydrogen) atoms. The summed E-state index contributed by atoms with van der Waals surface area (Å²) in [5, 5.41) is 3.71. The smallest absolute Gasteiger partial charge is 0.171 e. The third-order valence-electron chi connectivity index (χ3n) is 2.34. The number of fused-ring (bicyclic) bond motifs is 1. The molecule has 1 aromatic heterocycles. The zero-order valence-corrected chi connectivity index (χ0v) is 7.37. The van der Waals surface area contributed by atoms with E-state index in [9.17, 15) is 0 Å². The summed E-state index contributed by atoms with van der Waals surface area (Å²) in [7, 11) is 0. The van der Waals surface area contributed by atoms with E-state index in [2.05, 4.69) is 23.9 Å². The van der Waals surface area contributed by atoms with Crippen molar-refractivity contribution in [3.8, 4) is 0 Å². The second-order valence-corrected chi connectivity index (χ2v) is 3.47. The van der Waals surface area contributed by atoms with Gasteiger partial charge in [-0.05, 0) is 13.8 Å². The second kappa shape index (κ2) is 2.48. The van der Waals surface area contributed by atoms with Crippen LogP contribution in [0.25, 0.3) is 0 Å². The number of anilines is 1. The molecule has 66 valence electrons. The van der Waals surface area contributed by atoms with Crippen LogP contribution < -0.4 is 5.73 Å². The fourth-order valence-corrected chi connectivity index (χ4v) is 1.46. The predicted octanol–water partition coefficient (Wildman–Crippen LogP) is 0.981. The molecule has 2 rings (SSSR count). The fraction of sp³-hybridized carbons (Fsp3) is 0.625. The summed E-state index contributed by atoms with van der Waals surface area (Å²) in [5.74, 6) is 1.48. The van der Waals surface area contributed by atoms with Gasteiger partial charge in [-0.25, -0.2) is 0 Å². The van der Waals surface area contributed by atoms with Crippen molar-refractivity contribution in [3.63, 3.8) is 0 Å². The van der Waals surface area contributed by atoms with E-state index in [0.717, 1.165) is 24.4 Å². The zero-order chi connectivity index (χ0) is 8.72. The van der Waals surface area contributed by atoms with Crippen LogP contribution in [0.4, 0.5) is 5.82 Å². The quantitative estimate of drug-likeness (QED) is 0.677. The van der Waals surface area contributed by atoms with Gasteiger partial charge >= 0.3 is 0 Å². The molecule has 1 aliphatic rings. The van der Waals surface area contributed by atoms with E-state index < -0.39 is 0 Å². The number of aromatic nitrogens is 1. The number of nitrogens with two attached hydrogens (primary N) is 1. The predicted molar refractivity (Wildman–Crippen MR) is 45.3 cm³/mol. The van der Waals surface area contributed by atoms with Crippen LogP contribution in [0, 0.1) is 0 Å². The van der Waals surface area contributed by atoms with Gasteiger partial charge in [0, 0.05) is 12.6 Å². The van der Waals surface area contributed by atoms with Gasteiger partial charge < -0.3 is 10.3 Å². The van der Waals surface area contributed by atoms with Crippen molar-refractivity contribution in [2.75, 3.05) is 5.73 Å². The molecule has 0 aliphatic carbocycles. The first-order chi connectivity index (χ1) is 5.68. The largest absolute Gasteiger partial charge is 0.381 e. The van der Waals surface area contributed by atoms with Gasteiger partial charge in [-0.3, -0.25) is 4.90 Å². The summed E-state index contributed by atoms with van der Waals surface area (Å²) in [6.07, 6.45) is 0. The highest BCUT2D eigenvalue weighted by atomic mass is 16.5. The van der Waals surface area contributed by atoms with Gasteiger partial charge in [0.15, 0.2) is 11.6 Å². The Morgan fingerprint density at radius 3 is 2.83 bits per heavy atom. The van der Waals surface area contributed by atoms with E-state index in [0.29, 0.717) is 11.9 Å². The number of nitrogen functional groups attached to an aromatic ring is 1. The summed E-state index contributed by atoms with van der Waals surface area (Å²) in [4.78, 5) is 2.30. The van der Waals surface area contributed by atoms with E-state index >= 15 is 0 Å². The molecule has 1 aromatic rings. The van der Waals surface area contributed by atoms with Crippen molar-refractivity contribution in [2.45, 2.75) is 33.0 Å². The Morgan fingerprint density at radius 2 is 2.25 bits per heavy atom. The number of hydrogen-bond acceptors (Lipinski definition) is 4. The number of rotatable bonds is 1. The van der Waals surface area contributed by atoms with Crippen molar-refractivity contribution in [3.05, 3.63) is 11.3 Å². The Balaban J connectivity index is 2.22. The number of hydrogen-bond donors (Lipinski definition) is 1. The minimum atomic E-state index is 0.534. The van der Waals surface area contributed by atoms with Crippen LogP contribution in [-0.2, 0) is 13.1 Å². The van der Waals surface area contributed by atoms with Gasteiger partial charge in [0.1, 0.15) is 0 Å². The molecule has 1 aliphatic heterocycles. The number of nitrogens with zero attached hydrogens (tertiary/aromatic N) is 2. The maximum Gasteiger partial charge on any atom is 0.171 e. The van der Waals surface area contributed by atoms with E-state index in [1.807, 2.05) is 0 Å². The van der Waals surface area contributed by atoms with Crippen molar-refractivity contribution in [1.29, 1.82) is 0 Å². The summed E-state index contributed by atoms with van der Waals surface area (Å²) in [6, 6.07) is 0.534. The maximum absolute atomic E-state index is 5.62. The molecule has 0 spiro atoms. The molecule has 4 nitrogen and oxygen atoms in total. The van der Waals surface area contributed by atoms with E-state index in [-0.39, 0.29) is 0 Å². The molecular weight excluding hydrogens is 154 g/mol. The lowest BCUT2D eigenvalue weighted by Gasteiger charge is -2.18. The van der Waals surface area contributed by atoms with Crippen molar-refractivity contribution < 1.29 is 4.52 Å². The van der Waals surface area contributed by atoms with Crippen molar-refractivity contribution >= 4 is 5.82 Å². The molecule has 0 aromatic carbocycles. The Hall–Kier alpha value is -1.03. The van der Waals surface area contributed by atoms with Crippen LogP contribution in [0.2, 0.25) is 0 Å². The highest BCUT2D eigenvalue weighted by Gasteiger charge is 2.27. The average Bonchev–Trinajstić information content (AvgIpc) is 2.53. The Kier molecular flexibility index (Phi) is 1.58. The van der Waals surface area contributed by atoms with Crippen LogP contribution in [0.3, 0.4) is 0 Å². The molecular formula is C8H13N3O. The van der Waals surface area contributed by atoms with Crippen LogP contribution >= 0.6 is 0 Å². The standard InChI is InChI=1S/C8H13N3O/c1-5(2)11-3-6-7(4-11)12-10-8(6)9/h5H,3-4H2,1-2H3,(H2,9,10). The lowest BCUT2D eigenvalue weighted by atomic mass is 10.3. The van der Waals surface area contributed by atoms with Crippen molar-refractivity contribution in [1.82, 2.24) is 10.1 Å². The molecule has 0 unspecified atom stereocenters. The van der Waals surface area contributed by atoms with Crippen LogP contribution in [0.15, 0.2) is 4.52 Å². The van der Waals surface area contributed by atoms with Crippen molar-refractivity contribution in [2.24, 2.45) is 0 Å². The summed E-state index contributed by atoms with van der Waals surface area (Å²) in [5.41, 5.74) is 6.70. The summed E-state index contributed by atoms with van der Waals surface area (Å²) < 4.78 is 5.07. The molecule has 0 amide bonds. The van der Waals surface area contributed by atoms with Crippen LogP contribution in [0.1, 0.15) is 25.2 Å². The lowest BCUT2D eigenvalue weighted by molar-refractivity contribution is 0.208. The third kappa shape index (κ3) is 0.992.